The summed E-state index contributed by atoms with van der Waals surface area (Å²) in [4.78, 5) is 37.0. The van der Waals surface area contributed by atoms with Crippen LogP contribution >= 0.6 is 11.3 Å². The van der Waals surface area contributed by atoms with Crippen LogP contribution in [0.2, 0.25) is 0 Å². The molecule has 0 saturated carbocycles. The van der Waals surface area contributed by atoms with E-state index in [4.69, 9.17) is 20.4 Å². The van der Waals surface area contributed by atoms with E-state index in [0.717, 1.165) is 43.1 Å². The summed E-state index contributed by atoms with van der Waals surface area (Å²) in [7, 11) is 0. The molecule has 3 aromatic rings. The van der Waals surface area contributed by atoms with Gasteiger partial charge in [0.15, 0.2) is 5.60 Å². The second kappa shape index (κ2) is 14.7. The van der Waals surface area contributed by atoms with Gasteiger partial charge in [0.1, 0.15) is 11.4 Å². The van der Waals surface area contributed by atoms with Crippen molar-refractivity contribution in [3.63, 3.8) is 0 Å². The monoisotopic (exact) mass is 573 g/mol. The maximum Gasteiger partial charge on any atom is 0.336 e. The quantitative estimate of drug-likeness (QED) is 0.203. The second-order valence-electron chi connectivity index (χ2n) is 9.64. The molecule has 1 saturated heterocycles. The number of carboxylic acids is 3. The smallest absolute Gasteiger partial charge is 0.336 e. The number of hydrogen-bond acceptors (Lipinski definition) is 9. The zero-order chi connectivity index (χ0) is 29.1. The Hall–Kier alpha value is -3.65. The molecule has 1 aliphatic rings. The second-order valence-corrected chi connectivity index (χ2v) is 10.7. The lowest BCUT2D eigenvalue weighted by Gasteiger charge is -2.29. The molecule has 40 heavy (non-hydrogen) atoms. The van der Waals surface area contributed by atoms with Gasteiger partial charge in [-0.15, -0.1) is 11.3 Å². The molecule has 3 heterocycles. The molecule has 12 nitrogen and oxygen atoms in total. The average Bonchev–Trinajstić information content (AvgIpc) is 3.67. The Morgan fingerprint density at radius 3 is 2.33 bits per heavy atom. The number of aromatic nitrogens is 3. The van der Waals surface area contributed by atoms with E-state index in [9.17, 15) is 14.4 Å². The predicted octanol–water partition coefficient (Wildman–Crippen LogP) is 2.77. The molecule has 0 aliphatic carbocycles. The fraction of sp³-hybridized carbons (Fsp3) is 0.444. The van der Waals surface area contributed by atoms with E-state index in [0.29, 0.717) is 6.04 Å². The summed E-state index contributed by atoms with van der Waals surface area (Å²) in [5, 5.41) is 47.7. The number of aliphatic carboxylic acids is 3. The molecule has 5 N–H and O–H groups in total. The van der Waals surface area contributed by atoms with Gasteiger partial charge in [0, 0.05) is 36.1 Å². The first-order chi connectivity index (χ1) is 19.1. The van der Waals surface area contributed by atoms with Crippen molar-refractivity contribution in [2.75, 3.05) is 19.6 Å². The highest BCUT2D eigenvalue weighted by Gasteiger charge is 2.40. The standard InChI is InChI=1S/C21H27N5S.C6H8O7/c1-2-26-12-6-10-18(26)14-25(15-19-11-7-13-27-19)16-20-21(23-24-22-20)17-8-4-3-5-9-17;7-3(8)1-6(13,5(11)12)2-4(9)10/h3-5,7-9,11,13,18H,2,6,10,12,14-16H2,1H3,(H,22,23,24);13H,1-2H2,(H,7,8)(H,9,10)(H,11,12). The molecule has 0 amide bonds. The van der Waals surface area contributed by atoms with Crippen molar-refractivity contribution in [1.82, 2.24) is 25.2 Å². The molecule has 0 bridgehead atoms. The molecule has 0 spiro atoms. The molecular formula is C27H35N5O7S. The number of rotatable bonds is 13. The van der Waals surface area contributed by atoms with Crippen LogP contribution in [0.3, 0.4) is 0 Å². The lowest BCUT2D eigenvalue weighted by Crippen LogP contribution is -2.42. The SMILES string of the molecule is CCN1CCCC1CN(Cc1cccs1)Cc1n[nH]nc1-c1ccccc1.O=C(O)CC(O)(CC(=O)O)C(=O)O. The van der Waals surface area contributed by atoms with Crippen molar-refractivity contribution in [2.45, 2.75) is 57.3 Å². The number of benzene rings is 1. The Morgan fingerprint density at radius 1 is 1.05 bits per heavy atom. The van der Waals surface area contributed by atoms with Crippen LogP contribution in [0, 0.1) is 0 Å². The largest absolute Gasteiger partial charge is 0.481 e. The maximum atomic E-state index is 10.3. The number of H-pyrrole nitrogens is 1. The minimum Gasteiger partial charge on any atom is -0.481 e. The third kappa shape index (κ3) is 8.95. The van der Waals surface area contributed by atoms with Gasteiger partial charge in [-0.3, -0.25) is 19.4 Å². The fourth-order valence-corrected chi connectivity index (χ4v) is 5.49. The van der Waals surface area contributed by atoms with E-state index in [1.165, 1.54) is 24.3 Å². The summed E-state index contributed by atoms with van der Waals surface area (Å²) in [6.07, 6.45) is 0.312. The van der Waals surface area contributed by atoms with Gasteiger partial charge in [0.2, 0.25) is 0 Å². The zero-order valence-electron chi connectivity index (χ0n) is 22.3. The fourth-order valence-electron chi connectivity index (χ4n) is 4.74. The Bertz CT molecular complexity index is 1220. The first-order valence-corrected chi connectivity index (χ1v) is 13.8. The molecule has 4 rings (SSSR count). The van der Waals surface area contributed by atoms with E-state index in [1.54, 1.807) is 0 Å². The van der Waals surface area contributed by atoms with E-state index < -0.39 is 36.4 Å². The number of thiophene rings is 1. The highest BCUT2D eigenvalue weighted by Crippen LogP contribution is 2.24. The number of nitrogens with one attached hydrogen (secondary N) is 1. The summed E-state index contributed by atoms with van der Waals surface area (Å²) >= 11 is 1.83. The van der Waals surface area contributed by atoms with Crippen molar-refractivity contribution in [1.29, 1.82) is 0 Å². The van der Waals surface area contributed by atoms with E-state index in [1.807, 2.05) is 17.4 Å². The Balaban J connectivity index is 0.000000289. The highest BCUT2D eigenvalue weighted by atomic mass is 32.1. The van der Waals surface area contributed by atoms with Gasteiger partial charge in [-0.05, 0) is 37.4 Å². The molecule has 1 atom stereocenters. The molecule has 1 aliphatic heterocycles. The first kappa shape index (κ1) is 30.9. The number of likely N-dealkylation sites (tertiary alicyclic amines) is 1. The lowest BCUT2D eigenvalue weighted by atomic mass is 9.96. The van der Waals surface area contributed by atoms with E-state index in [-0.39, 0.29) is 0 Å². The van der Waals surface area contributed by atoms with Crippen molar-refractivity contribution in [3.8, 4) is 11.3 Å². The third-order valence-electron chi connectivity index (χ3n) is 6.66. The molecule has 0 radical (unpaired) electrons. The van der Waals surface area contributed by atoms with E-state index in [2.05, 4.69) is 73.9 Å². The van der Waals surface area contributed by atoms with Crippen LogP contribution in [0.5, 0.6) is 0 Å². The molecule has 1 fully saturated rings. The molecule has 216 valence electrons. The summed E-state index contributed by atoms with van der Waals surface area (Å²) < 4.78 is 0. The van der Waals surface area contributed by atoms with Gasteiger partial charge < -0.3 is 20.4 Å². The van der Waals surface area contributed by atoms with Gasteiger partial charge >= 0.3 is 17.9 Å². The normalized spacial score (nSPS) is 15.5. The van der Waals surface area contributed by atoms with Gasteiger partial charge in [-0.2, -0.15) is 15.4 Å². The van der Waals surface area contributed by atoms with Crippen molar-refractivity contribution >= 4 is 29.2 Å². The van der Waals surface area contributed by atoms with Gasteiger partial charge in [-0.25, -0.2) is 4.79 Å². The van der Waals surface area contributed by atoms with Crippen molar-refractivity contribution in [3.05, 3.63) is 58.4 Å². The third-order valence-corrected chi connectivity index (χ3v) is 7.52. The number of nitrogens with zero attached hydrogens (tertiary/aromatic N) is 4. The van der Waals surface area contributed by atoms with Crippen LogP contribution < -0.4 is 0 Å². The summed E-state index contributed by atoms with van der Waals surface area (Å²) in [5.74, 6) is -5.02. The molecule has 1 aromatic carbocycles. The summed E-state index contributed by atoms with van der Waals surface area (Å²) in [6, 6.07) is 15.3. The zero-order valence-corrected chi connectivity index (χ0v) is 23.1. The van der Waals surface area contributed by atoms with Crippen LogP contribution in [-0.4, -0.2) is 94.8 Å². The van der Waals surface area contributed by atoms with Crippen molar-refractivity contribution in [2.24, 2.45) is 0 Å². The summed E-state index contributed by atoms with van der Waals surface area (Å²) in [6.45, 7) is 7.49. The average molecular weight is 574 g/mol. The Morgan fingerprint density at radius 2 is 1.75 bits per heavy atom. The first-order valence-electron chi connectivity index (χ1n) is 12.9. The van der Waals surface area contributed by atoms with Crippen LogP contribution in [0.4, 0.5) is 0 Å². The lowest BCUT2D eigenvalue weighted by molar-refractivity contribution is -0.170. The van der Waals surface area contributed by atoms with Crippen molar-refractivity contribution < 1.29 is 34.8 Å². The van der Waals surface area contributed by atoms with E-state index >= 15 is 0 Å². The predicted molar refractivity (Wildman–Crippen MR) is 148 cm³/mol. The van der Waals surface area contributed by atoms with Crippen LogP contribution in [-0.2, 0) is 27.5 Å². The maximum absolute atomic E-state index is 10.3. The number of aromatic amines is 1. The van der Waals surface area contributed by atoms with Gasteiger partial charge in [0.05, 0.1) is 12.8 Å². The van der Waals surface area contributed by atoms with Gasteiger partial charge in [0.25, 0.3) is 0 Å². The summed E-state index contributed by atoms with van der Waals surface area (Å²) in [5.41, 5.74) is 0.371. The molecular weight excluding hydrogens is 538 g/mol. The Kier molecular flexibility index (Phi) is 11.3. The highest BCUT2D eigenvalue weighted by molar-refractivity contribution is 7.09. The number of carboxylic acid groups (broad SMARTS) is 3. The van der Waals surface area contributed by atoms with Crippen LogP contribution in [0.15, 0.2) is 47.8 Å². The minimum atomic E-state index is -2.74. The minimum absolute atomic E-state index is 0.641. The number of hydrogen-bond donors (Lipinski definition) is 5. The number of carbonyl (C=O) groups is 3. The Labute approximate surface area is 235 Å². The number of aliphatic hydroxyl groups is 1. The molecule has 2 aromatic heterocycles. The van der Waals surface area contributed by atoms with Gasteiger partial charge in [-0.1, -0.05) is 43.3 Å². The number of likely N-dealkylation sites (N-methyl/N-ethyl adjacent to an activating group) is 1. The molecule has 1 unspecified atom stereocenters. The van der Waals surface area contributed by atoms with Crippen LogP contribution in [0.1, 0.15) is 43.2 Å². The van der Waals surface area contributed by atoms with Crippen LogP contribution in [0.25, 0.3) is 11.3 Å². The molecule has 13 heteroatoms. The topological polar surface area (TPSA) is 180 Å².